The highest BCUT2D eigenvalue weighted by Crippen LogP contribution is 2.66. The number of hydrogen-bond acceptors (Lipinski definition) is 4. The first kappa shape index (κ1) is 61.8. The molecule has 2 atom stereocenters. The van der Waals surface area contributed by atoms with E-state index in [2.05, 4.69) is 0 Å². The predicted molar refractivity (Wildman–Crippen MR) is 220 cm³/mol. The maximum atomic E-state index is 15.9. The zero-order valence-corrected chi connectivity index (χ0v) is 40.3. The quantitative estimate of drug-likeness (QED) is 0.0614. The van der Waals surface area contributed by atoms with Crippen molar-refractivity contribution in [1.82, 2.24) is 0 Å². The van der Waals surface area contributed by atoms with Crippen LogP contribution < -0.4 is 0 Å². The van der Waals surface area contributed by atoms with Gasteiger partial charge in [0.15, 0.2) is 0 Å². The van der Waals surface area contributed by atoms with Crippen molar-refractivity contribution in [1.29, 1.82) is 0 Å². The molecular weight excluding hydrogens is 1130 g/mol. The van der Waals surface area contributed by atoms with Gasteiger partial charge >= 0.3 is 71.6 Å². The minimum Gasteiger partial charge on any atom is -0.193 e. The number of hydrogen-bond donors (Lipinski definition) is 0. The molecule has 0 amide bonds. The van der Waals surface area contributed by atoms with Gasteiger partial charge in [0.25, 0.3) is 0 Å². The normalized spacial score (nSPS) is 15.8. The minimum absolute atomic E-state index is 0.0444. The molecular formula is C42H38F26S4. The molecule has 4 aromatic rings. The second-order valence-corrected chi connectivity index (χ2v) is 21.1. The van der Waals surface area contributed by atoms with Crippen molar-refractivity contribution in [2.24, 2.45) is 11.8 Å². The van der Waals surface area contributed by atoms with E-state index in [1.165, 1.54) is 13.8 Å². The molecule has 0 saturated carbocycles. The highest BCUT2D eigenvalue weighted by atomic mass is 32.1. The van der Waals surface area contributed by atoms with Crippen molar-refractivity contribution < 1.29 is 114 Å². The van der Waals surface area contributed by atoms with Crippen molar-refractivity contribution in [3.8, 4) is 19.5 Å². The topological polar surface area (TPSA) is 0 Å². The van der Waals surface area contributed by atoms with E-state index >= 15 is 35.1 Å². The van der Waals surface area contributed by atoms with Gasteiger partial charge in [-0.05, 0) is 60.1 Å². The molecule has 0 aliphatic heterocycles. The van der Waals surface area contributed by atoms with Crippen LogP contribution in [-0.2, 0) is 24.7 Å². The summed E-state index contributed by atoms with van der Waals surface area (Å²) in [6.07, 6.45) is -14.5. The number of thiophene rings is 4. The summed E-state index contributed by atoms with van der Waals surface area (Å²) in [6.45, 7) is 6.30. The van der Waals surface area contributed by atoms with Gasteiger partial charge in [0.05, 0.1) is 9.75 Å². The highest BCUT2D eigenvalue weighted by molar-refractivity contribution is 7.33. The van der Waals surface area contributed by atoms with Crippen LogP contribution in [0.1, 0.15) is 99.9 Å². The van der Waals surface area contributed by atoms with Crippen LogP contribution in [-0.4, -0.2) is 59.7 Å². The lowest BCUT2D eigenvalue weighted by atomic mass is 9.88. The van der Waals surface area contributed by atoms with Crippen LogP contribution >= 0.6 is 45.3 Å². The third kappa shape index (κ3) is 10.1. The van der Waals surface area contributed by atoms with Crippen LogP contribution in [0.3, 0.4) is 0 Å². The second-order valence-electron chi connectivity index (χ2n) is 16.9. The van der Waals surface area contributed by atoms with Crippen LogP contribution in [0.4, 0.5) is 114 Å². The predicted octanol–water partition coefficient (Wildman–Crippen LogP) is 20.3. The summed E-state index contributed by atoms with van der Waals surface area (Å²) < 4.78 is 371. The van der Waals surface area contributed by atoms with E-state index in [4.69, 9.17) is 0 Å². The van der Waals surface area contributed by atoms with Crippen molar-refractivity contribution >= 4 is 54.7 Å². The maximum absolute atomic E-state index is 15.9. The average Bonchev–Trinajstić information content (AvgIpc) is 4.05. The van der Waals surface area contributed by atoms with E-state index in [1.54, 1.807) is 13.8 Å². The van der Waals surface area contributed by atoms with Crippen molar-refractivity contribution in [2.45, 2.75) is 163 Å². The standard InChI is InChI=1S/C42H38F26S4/c1-5-9-11-19(7-3)13-21-15-23(71-29(21)31(43,44)33(47,48)35(51,52)37(55,56)39(59,60)41(63,64)65)25-17-27-28(69-25)18-26(70-27)24-16-22(14-20(8-4)12-10-6-2)30(72-24)32(45,46)34(49,50)36(53,54)38(57,58)40(61,62)42(66,67)68/h15-20H,5-14H2,1-4H3. The van der Waals surface area contributed by atoms with Gasteiger partial charge < -0.3 is 0 Å². The Balaban J connectivity index is 1.90. The Bertz CT molecular complexity index is 2270. The van der Waals surface area contributed by atoms with E-state index in [-0.39, 0.29) is 44.8 Å². The van der Waals surface area contributed by atoms with E-state index in [0.29, 0.717) is 60.5 Å². The fourth-order valence-electron chi connectivity index (χ4n) is 7.35. The lowest BCUT2D eigenvalue weighted by Gasteiger charge is -2.39. The number of halogens is 26. The molecule has 0 nitrogen and oxygen atoms in total. The van der Waals surface area contributed by atoms with Gasteiger partial charge in [-0.2, -0.15) is 114 Å². The Labute approximate surface area is 407 Å². The maximum Gasteiger partial charge on any atom is 0.460 e. The number of rotatable bonds is 24. The average molecular weight is 1160 g/mol. The molecule has 0 aliphatic rings. The summed E-state index contributed by atoms with van der Waals surface area (Å²) >= 11 is 0.0690. The Hall–Kier alpha value is -2.76. The minimum atomic E-state index is -8.17. The molecule has 0 saturated heterocycles. The first-order chi connectivity index (χ1) is 32.4. The van der Waals surface area contributed by atoms with Crippen LogP contribution in [0.2, 0.25) is 0 Å². The highest BCUT2D eigenvalue weighted by Gasteiger charge is 2.92. The lowest BCUT2D eigenvalue weighted by molar-refractivity contribution is -0.441. The molecule has 0 spiro atoms. The fourth-order valence-corrected chi connectivity index (χ4v) is 12.3. The van der Waals surface area contributed by atoms with Crippen molar-refractivity contribution in [3.05, 3.63) is 45.1 Å². The third-order valence-corrected chi connectivity index (χ3v) is 17.0. The summed E-state index contributed by atoms with van der Waals surface area (Å²) in [5, 5.41) is 0. The monoisotopic (exact) mass is 1160 g/mol. The van der Waals surface area contributed by atoms with Gasteiger partial charge in [0, 0.05) is 28.9 Å². The van der Waals surface area contributed by atoms with E-state index in [9.17, 15) is 79.0 Å². The first-order valence-corrected chi connectivity index (χ1v) is 24.4. The summed E-state index contributed by atoms with van der Waals surface area (Å²) in [7, 11) is 0. The molecule has 0 bridgehead atoms. The second kappa shape index (κ2) is 20.3. The van der Waals surface area contributed by atoms with Gasteiger partial charge in [-0.15, -0.1) is 45.3 Å². The van der Waals surface area contributed by atoms with E-state index < -0.39 is 150 Å². The molecule has 4 aromatic heterocycles. The van der Waals surface area contributed by atoms with Gasteiger partial charge in [-0.1, -0.05) is 79.1 Å². The van der Waals surface area contributed by atoms with Crippen LogP contribution in [0.25, 0.3) is 28.9 Å². The molecule has 412 valence electrons. The van der Waals surface area contributed by atoms with Gasteiger partial charge in [0.2, 0.25) is 0 Å². The zero-order chi connectivity index (χ0) is 55.7. The summed E-state index contributed by atoms with van der Waals surface area (Å²) in [5.74, 6) is -78.5. The smallest absolute Gasteiger partial charge is 0.193 e. The molecule has 30 heteroatoms. The molecule has 0 aliphatic carbocycles. The molecule has 0 fully saturated rings. The number of fused-ring (bicyclic) bond motifs is 1. The fraction of sp³-hybridized carbons (Fsp3) is 0.667. The summed E-state index contributed by atoms with van der Waals surface area (Å²) in [5.41, 5.74) is -1.87. The van der Waals surface area contributed by atoms with Crippen LogP contribution in [0, 0.1) is 11.8 Å². The molecule has 0 N–H and O–H groups in total. The summed E-state index contributed by atoms with van der Waals surface area (Å²) in [4.78, 5) is -5.85. The Morgan fingerprint density at radius 2 is 0.611 bits per heavy atom. The largest absolute Gasteiger partial charge is 0.460 e. The summed E-state index contributed by atoms with van der Waals surface area (Å²) in [6, 6.07) is 3.49. The number of alkyl halides is 26. The van der Waals surface area contributed by atoms with Crippen molar-refractivity contribution in [2.75, 3.05) is 0 Å². The van der Waals surface area contributed by atoms with E-state index in [1.807, 2.05) is 0 Å². The van der Waals surface area contributed by atoms with Crippen molar-refractivity contribution in [3.63, 3.8) is 0 Å². The first-order valence-electron chi connectivity index (χ1n) is 21.1. The van der Waals surface area contributed by atoms with Gasteiger partial charge in [0.1, 0.15) is 0 Å². The molecule has 4 rings (SSSR count). The molecule has 0 aromatic carbocycles. The molecule has 2 unspecified atom stereocenters. The van der Waals surface area contributed by atoms with Gasteiger partial charge in [-0.25, -0.2) is 0 Å². The third-order valence-electron chi connectivity index (χ3n) is 11.9. The van der Waals surface area contributed by atoms with Gasteiger partial charge in [-0.3, -0.25) is 0 Å². The lowest BCUT2D eigenvalue weighted by Crippen LogP contribution is -2.69. The Morgan fingerprint density at radius 1 is 0.347 bits per heavy atom. The van der Waals surface area contributed by atoms with E-state index in [0.717, 1.165) is 12.1 Å². The molecule has 72 heavy (non-hydrogen) atoms. The van der Waals surface area contributed by atoms with Crippen LogP contribution in [0.5, 0.6) is 0 Å². The molecule has 0 radical (unpaired) electrons. The Morgan fingerprint density at radius 3 is 0.861 bits per heavy atom. The SMILES string of the molecule is CCCCC(CC)Cc1cc(-c2cc3sc(-c4cc(CC(CC)CCCC)c(C(F)(F)C(F)(F)C(F)(F)C(F)(F)C(F)(F)C(F)(F)F)s4)cc3s2)sc1C(F)(F)C(F)(F)C(F)(F)C(F)(F)C(F)(F)C(F)(F)F. The molecule has 4 heterocycles. The zero-order valence-electron chi connectivity index (χ0n) is 37.0. The Kier molecular flexibility index (Phi) is 17.4. The van der Waals surface area contributed by atoms with Crippen LogP contribution in [0.15, 0.2) is 24.3 Å². The number of unbranched alkanes of at least 4 members (excludes halogenated alkanes) is 2.